The Hall–Kier alpha value is -0.780. The van der Waals surface area contributed by atoms with Crippen LogP contribution < -0.4 is 0 Å². The first-order valence-electron chi connectivity index (χ1n) is 4.27. The Morgan fingerprint density at radius 2 is 1.93 bits per heavy atom. The van der Waals surface area contributed by atoms with Gasteiger partial charge in [0.15, 0.2) is 0 Å². The van der Waals surface area contributed by atoms with Crippen molar-refractivity contribution in [3.8, 4) is 0 Å². The first-order valence-corrected chi connectivity index (χ1v) is 4.27. The van der Waals surface area contributed by atoms with Crippen molar-refractivity contribution in [2.24, 2.45) is 11.8 Å². The van der Waals surface area contributed by atoms with E-state index in [9.17, 15) is 18.0 Å². The van der Waals surface area contributed by atoms with Crippen LogP contribution in [0.2, 0.25) is 0 Å². The highest BCUT2D eigenvalue weighted by Crippen LogP contribution is 2.44. The van der Waals surface area contributed by atoms with E-state index in [-0.39, 0.29) is 12.8 Å². The van der Waals surface area contributed by atoms with E-state index >= 15 is 0 Å². The summed E-state index contributed by atoms with van der Waals surface area (Å²) in [4.78, 5) is 10.3. The minimum atomic E-state index is -4.41. The summed E-state index contributed by atoms with van der Waals surface area (Å²) in [6.07, 6.45) is -6.40. The van der Waals surface area contributed by atoms with E-state index in [4.69, 9.17) is 10.2 Å². The molecule has 82 valence electrons. The molecule has 2 unspecified atom stereocenters. The highest BCUT2D eigenvalue weighted by Gasteiger charge is 2.50. The molecule has 0 amide bonds. The number of carboxylic acid groups (broad SMARTS) is 1. The van der Waals surface area contributed by atoms with Gasteiger partial charge in [0.25, 0.3) is 0 Å². The highest BCUT2D eigenvalue weighted by molar-refractivity contribution is 5.67. The number of aliphatic hydroxyl groups excluding tert-OH is 1. The van der Waals surface area contributed by atoms with E-state index < -0.39 is 36.5 Å². The molecule has 0 aromatic carbocycles. The predicted octanol–water partition coefficient (Wildman–Crippen LogP) is 1.41. The number of hydrogen-bond acceptors (Lipinski definition) is 2. The molecule has 6 heteroatoms. The van der Waals surface area contributed by atoms with Crippen molar-refractivity contribution >= 4 is 5.97 Å². The van der Waals surface area contributed by atoms with Gasteiger partial charge in [-0.2, -0.15) is 13.2 Å². The molecule has 2 N–H and O–H groups in total. The van der Waals surface area contributed by atoms with Crippen LogP contribution >= 0.6 is 0 Å². The van der Waals surface area contributed by atoms with Crippen LogP contribution in [0.15, 0.2) is 0 Å². The third-order valence-electron chi connectivity index (χ3n) is 2.53. The van der Waals surface area contributed by atoms with Crippen LogP contribution in [0.25, 0.3) is 0 Å². The topological polar surface area (TPSA) is 57.5 Å². The fourth-order valence-electron chi connectivity index (χ4n) is 1.95. The average Bonchev–Trinajstić information content (AvgIpc) is 2.28. The number of carbonyl (C=O) groups is 1. The molecule has 0 heterocycles. The molecule has 0 saturated heterocycles. The van der Waals surface area contributed by atoms with Crippen molar-refractivity contribution in [1.82, 2.24) is 0 Å². The normalized spacial score (nSPS) is 33.3. The van der Waals surface area contributed by atoms with Crippen molar-refractivity contribution in [1.29, 1.82) is 0 Å². The minimum Gasteiger partial charge on any atom is -0.481 e. The van der Waals surface area contributed by atoms with Crippen molar-refractivity contribution in [2.75, 3.05) is 0 Å². The van der Waals surface area contributed by atoms with Gasteiger partial charge in [-0.15, -0.1) is 0 Å². The maximum Gasteiger partial charge on any atom is 0.392 e. The van der Waals surface area contributed by atoms with Crippen molar-refractivity contribution in [3.63, 3.8) is 0 Å². The van der Waals surface area contributed by atoms with E-state index in [1.807, 2.05) is 0 Å². The Kier molecular flexibility index (Phi) is 3.04. The molecule has 0 radical (unpaired) electrons. The van der Waals surface area contributed by atoms with Crippen LogP contribution in [0.5, 0.6) is 0 Å². The third kappa shape index (κ3) is 2.60. The van der Waals surface area contributed by atoms with Crippen molar-refractivity contribution in [2.45, 2.75) is 31.5 Å². The van der Waals surface area contributed by atoms with Crippen LogP contribution in [-0.2, 0) is 4.79 Å². The van der Waals surface area contributed by atoms with E-state index in [0.717, 1.165) is 0 Å². The van der Waals surface area contributed by atoms with Crippen molar-refractivity contribution < 1.29 is 28.2 Å². The summed E-state index contributed by atoms with van der Waals surface area (Å²) in [6, 6.07) is 0. The lowest BCUT2D eigenvalue weighted by molar-refractivity contribution is -0.186. The summed E-state index contributed by atoms with van der Waals surface area (Å²) in [6.45, 7) is 0. The Labute approximate surface area is 78.5 Å². The summed E-state index contributed by atoms with van der Waals surface area (Å²) in [5.41, 5.74) is 0. The largest absolute Gasteiger partial charge is 0.481 e. The monoisotopic (exact) mass is 212 g/mol. The number of alkyl halides is 3. The Morgan fingerprint density at radius 1 is 1.36 bits per heavy atom. The molecule has 1 aliphatic rings. The molecule has 0 aliphatic heterocycles. The molecule has 0 bridgehead atoms. The molecule has 14 heavy (non-hydrogen) atoms. The number of halogens is 3. The first-order chi connectivity index (χ1) is 6.30. The summed E-state index contributed by atoms with van der Waals surface area (Å²) in [5, 5.41) is 17.4. The highest BCUT2D eigenvalue weighted by atomic mass is 19.4. The van der Waals surface area contributed by atoms with Crippen LogP contribution in [0.3, 0.4) is 0 Å². The number of carboxylic acids is 1. The zero-order chi connectivity index (χ0) is 10.9. The molecule has 1 fully saturated rings. The SMILES string of the molecule is O=C(O)CC1CC(O)C[C@H]1C(F)(F)F. The standard InChI is InChI=1S/C8H11F3O3/c9-8(10,11)6-3-5(12)1-4(6)2-7(13)14/h4-6,12H,1-3H2,(H,13,14)/t4?,5?,6-/m1/s1. The van der Waals surface area contributed by atoms with E-state index in [1.165, 1.54) is 0 Å². The Morgan fingerprint density at radius 3 is 2.36 bits per heavy atom. The molecule has 3 nitrogen and oxygen atoms in total. The number of aliphatic carboxylic acids is 1. The summed E-state index contributed by atoms with van der Waals surface area (Å²) in [5.74, 6) is -3.91. The molecular weight excluding hydrogens is 201 g/mol. The molecule has 1 saturated carbocycles. The van der Waals surface area contributed by atoms with Crippen LogP contribution in [0.4, 0.5) is 13.2 Å². The van der Waals surface area contributed by atoms with E-state index in [1.54, 1.807) is 0 Å². The molecule has 0 spiro atoms. The van der Waals surface area contributed by atoms with Crippen LogP contribution in [-0.4, -0.2) is 28.5 Å². The second-order valence-corrected chi connectivity index (χ2v) is 3.63. The lowest BCUT2D eigenvalue weighted by Gasteiger charge is -2.20. The maximum absolute atomic E-state index is 12.3. The molecule has 1 aliphatic carbocycles. The second-order valence-electron chi connectivity index (χ2n) is 3.63. The van der Waals surface area contributed by atoms with Gasteiger partial charge < -0.3 is 10.2 Å². The van der Waals surface area contributed by atoms with Gasteiger partial charge in [0, 0.05) is 6.42 Å². The molecule has 3 atom stereocenters. The van der Waals surface area contributed by atoms with E-state index in [0.29, 0.717) is 0 Å². The zero-order valence-corrected chi connectivity index (χ0v) is 7.29. The number of hydrogen-bond donors (Lipinski definition) is 2. The summed E-state index contributed by atoms with van der Waals surface area (Å²) in [7, 11) is 0. The zero-order valence-electron chi connectivity index (χ0n) is 7.29. The van der Waals surface area contributed by atoms with Gasteiger partial charge in [0.2, 0.25) is 0 Å². The van der Waals surface area contributed by atoms with Gasteiger partial charge in [-0.1, -0.05) is 0 Å². The van der Waals surface area contributed by atoms with Gasteiger partial charge in [-0.25, -0.2) is 0 Å². The Bertz CT molecular complexity index is 226. The van der Waals surface area contributed by atoms with Crippen LogP contribution in [0, 0.1) is 11.8 Å². The van der Waals surface area contributed by atoms with Gasteiger partial charge in [-0.3, -0.25) is 4.79 Å². The quantitative estimate of drug-likeness (QED) is 0.727. The number of rotatable bonds is 2. The third-order valence-corrected chi connectivity index (χ3v) is 2.53. The Balaban J connectivity index is 2.68. The minimum absolute atomic E-state index is 0.0729. The second kappa shape index (κ2) is 3.76. The van der Waals surface area contributed by atoms with Crippen molar-refractivity contribution in [3.05, 3.63) is 0 Å². The lowest BCUT2D eigenvalue weighted by Crippen LogP contribution is -2.27. The van der Waals surface area contributed by atoms with Crippen LogP contribution in [0.1, 0.15) is 19.3 Å². The molecular formula is C8H11F3O3. The summed E-state index contributed by atoms with van der Waals surface area (Å²) >= 11 is 0. The average molecular weight is 212 g/mol. The van der Waals surface area contributed by atoms with E-state index in [2.05, 4.69) is 0 Å². The first kappa shape index (κ1) is 11.3. The fourth-order valence-corrected chi connectivity index (χ4v) is 1.95. The summed E-state index contributed by atoms with van der Waals surface area (Å²) < 4.78 is 37.0. The van der Waals surface area contributed by atoms with Gasteiger partial charge in [0.1, 0.15) is 0 Å². The van der Waals surface area contributed by atoms with Gasteiger partial charge in [0.05, 0.1) is 12.0 Å². The molecule has 1 rings (SSSR count). The predicted molar refractivity (Wildman–Crippen MR) is 40.5 cm³/mol. The smallest absolute Gasteiger partial charge is 0.392 e. The number of aliphatic hydroxyl groups is 1. The lowest BCUT2D eigenvalue weighted by atomic mass is 9.92. The molecule has 0 aromatic rings. The maximum atomic E-state index is 12.3. The van der Waals surface area contributed by atoms with Gasteiger partial charge >= 0.3 is 12.1 Å². The van der Waals surface area contributed by atoms with Gasteiger partial charge in [-0.05, 0) is 18.8 Å². The fraction of sp³-hybridized carbons (Fsp3) is 0.875. The molecule has 0 aromatic heterocycles.